The smallest absolute Gasteiger partial charge is 0.119 e. The molecule has 0 fully saturated rings. The molecule has 0 aliphatic carbocycles. The van der Waals surface area contributed by atoms with Crippen LogP contribution in [0, 0.1) is 0 Å². The number of rotatable bonds is 3. The molecule has 0 saturated carbocycles. The maximum absolute atomic E-state index is 5.98. The van der Waals surface area contributed by atoms with Crippen LogP contribution in [0.3, 0.4) is 0 Å². The topological polar surface area (TPSA) is 66.0 Å². The van der Waals surface area contributed by atoms with Crippen LogP contribution in [0.4, 0.5) is 5.69 Å². The molecule has 0 aliphatic heterocycles. The molecule has 0 unspecified atom stereocenters. The second-order valence-electron chi connectivity index (χ2n) is 4.28. The highest BCUT2D eigenvalue weighted by Gasteiger charge is 2.07. The van der Waals surface area contributed by atoms with Gasteiger partial charge in [0.15, 0.2) is 0 Å². The van der Waals surface area contributed by atoms with Gasteiger partial charge in [-0.1, -0.05) is 11.6 Å². The highest BCUT2D eigenvalue weighted by molar-refractivity contribution is 6.33. The molecule has 1 heterocycles. The van der Waals surface area contributed by atoms with E-state index in [-0.39, 0.29) is 0 Å². The van der Waals surface area contributed by atoms with Crippen molar-refractivity contribution in [2.75, 3.05) is 12.3 Å². The zero-order valence-electron chi connectivity index (χ0n) is 10.9. The zero-order chi connectivity index (χ0) is 14.1. The van der Waals surface area contributed by atoms with Crippen molar-refractivity contribution in [2.24, 2.45) is 0 Å². The van der Waals surface area contributed by atoms with Crippen LogP contribution < -0.4 is 10.5 Å². The van der Waals surface area contributed by atoms with Gasteiger partial charge >= 0.3 is 0 Å². The third kappa shape index (κ3) is 2.28. The summed E-state index contributed by atoms with van der Waals surface area (Å²) in [5, 5.41) is 9.25. The van der Waals surface area contributed by atoms with Gasteiger partial charge in [0.1, 0.15) is 16.8 Å². The fourth-order valence-corrected chi connectivity index (χ4v) is 2.07. The minimum absolute atomic E-state index is 0.483. The molecule has 2 aromatic carbocycles. The molecule has 0 aliphatic rings. The van der Waals surface area contributed by atoms with Gasteiger partial charge in [0.25, 0.3) is 0 Å². The van der Waals surface area contributed by atoms with E-state index in [1.54, 1.807) is 16.9 Å². The average Bonchev–Trinajstić information content (AvgIpc) is 2.83. The van der Waals surface area contributed by atoms with Gasteiger partial charge in [0, 0.05) is 0 Å². The number of nitrogen functional groups attached to an aromatic ring is 1. The predicted octanol–water partition coefficient (Wildman–Crippen LogP) is 3.05. The Morgan fingerprint density at radius 3 is 2.45 bits per heavy atom. The van der Waals surface area contributed by atoms with E-state index in [1.807, 2.05) is 31.2 Å². The monoisotopic (exact) mass is 288 g/mol. The average molecular weight is 289 g/mol. The molecular weight excluding hydrogens is 276 g/mol. The number of anilines is 1. The molecule has 3 aromatic rings. The van der Waals surface area contributed by atoms with Gasteiger partial charge in [-0.2, -0.15) is 4.80 Å². The Morgan fingerprint density at radius 2 is 1.80 bits per heavy atom. The zero-order valence-corrected chi connectivity index (χ0v) is 11.6. The van der Waals surface area contributed by atoms with Crippen LogP contribution in [0.5, 0.6) is 5.75 Å². The third-order valence-corrected chi connectivity index (χ3v) is 3.20. The molecule has 0 spiro atoms. The number of nitrogens with two attached hydrogens (primary N) is 1. The summed E-state index contributed by atoms with van der Waals surface area (Å²) in [5.41, 5.74) is 8.52. The number of aromatic nitrogens is 3. The summed E-state index contributed by atoms with van der Waals surface area (Å²) in [5.74, 6) is 0.820. The molecule has 0 bridgehead atoms. The van der Waals surface area contributed by atoms with Crippen molar-refractivity contribution in [3.05, 3.63) is 41.4 Å². The lowest BCUT2D eigenvalue weighted by atomic mass is 10.3. The van der Waals surface area contributed by atoms with Crippen molar-refractivity contribution in [2.45, 2.75) is 6.92 Å². The number of ether oxygens (including phenoxy) is 1. The van der Waals surface area contributed by atoms with Crippen LogP contribution in [0.1, 0.15) is 6.92 Å². The first-order chi connectivity index (χ1) is 9.67. The lowest BCUT2D eigenvalue weighted by molar-refractivity contribution is 0.340. The summed E-state index contributed by atoms with van der Waals surface area (Å²) in [6.45, 7) is 2.59. The summed E-state index contributed by atoms with van der Waals surface area (Å²) in [7, 11) is 0. The molecular formula is C14H13ClN4O. The Balaban J connectivity index is 2.01. The second kappa shape index (κ2) is 5.02. The molecule has 0 radical (unpaired) electrons. The first kappa shape index (κ1) is 12.7. The van der Waals surface area contributed by atoms with Gasteiger partial charge < -0.3 is 10.5 Å². The van der Waals surface area contributed by atoms with Crippen molar-refractivity contribution in [3.63, 3.8) is 0 Å². The minimum Gasteiger partial charge on any atom is -0.494 e. The Kier molecular flexibility index (Phi) is 3.20. The first-order valence-corrected chi connectivity index (χ1v) is 6.60. The number of hydrogen-bond donors (Lipinski definition) is 1. The van der Waals surface area contributed by atoms with Gasteiger partial charge in [0.2, 0.25) is 0 Å². The number of nitrogens with zero attached hydrogens (tertiary/aromatic N) is 3. The van der Waals surface area contributed by atoms with Crippen LogP contribution in [-0.4, -0.2) is 21.6 Å². The Morgan fingerprint density at radius 1 is 1.15 bits per heavy atom. The summed E-state index contributed by atoms with van der Waals surface area (Å²) in [6, 6.07) is 11.0. The van der Waals surface area contributed by atoms with E-state index in [0.29, 0.717) is 28.4 Å². The lowest BCUT2D eigenvalue weighted by Gasteiger charge is -2.03. The highest BCUT2D eigenvalue weighted by atomic mass is 35.5. The highest BCUT2D eigenvalue weighted by Crippen LogP contribution is 2.24. The van der Waals surface area contributed by atoms with Crippen molar-refractivity contribution in [1.82, 2.24) is 15.0 Å². The van der Waals surface area contributed by atoms with Gasteiger partial charge in [-0.3, -0.25) is 0 Å². The van der Waals surface area contributed by atoms with Crippen molar-refractivity contribution in [3.8, 4) is 11.4 Å². The Bertz CT molecular complexity index is 713. The fraction of sp³-hybridized carbons (Fsp3) is 0.143. The molecule has 0 saturated heterocycles. The van der Waals surface area contributed by atoms with E-state index in [4.69, 9.17) is 22.1 Å². The van der Waals surface area contributed by atoms with E-state index in [9.17, 15) is 0 Å². The van der Waals surface area contributed by atoms with Crippen LogP contribution in [0.25, 0.3) is 16.7 Å². The fourth-order valence-electron chi connectivity index (χ4n) is 1.91. The SMILES string of the molecule is CCOc1ccc(-n2nc3cc(N)c(Cl)cc3n2)cc1. The van der Waals surface area contributed by atoms with E-state index in [1.165, 1.54) is 0 Å². The van der Waals surface area contributed by atoms with E-state index >= 15 is 0 Å². The number of benzene rings is 2. The third-order valence-electron chi connectivity index (χ3n) is 2.88. The summed E-state index contributed by atoms with van der Waals surface area (Å²) in [4.78, 5) is 1.55. The maximum atomic E-state index is 5.98. The molecule has 0 atom stereocenters. The molecule has 102 valence electrons. The standard InChI is InChI=1S/C14H13ClN4O/c1-2-20-10-5-3-9(4-6-10)19-17-13-7-11(15)12(16)8-14(13)18-19/h3-8H,2,16H2,1H3. The second-order valence-corrected chi connectivity index (χ2v) is 4.69. The van der Waals surface area contributed by atoms with E-state index in [0.717, 1.165) is 11.4 Å². The summed E-state index contributed by atoms with van der Waals surface area (Å²) >= 11 is 5.98. The number of halogens is 1. The molecule has 20 heavy (non-hydrogen) atoms. The predicted molar refractivity (Wildman–Crippen MR) is 79.5 cm³/mol. The largest absolute Gasteiger partial charge is 0.494 e. The lowest BCUT2D eigenvalue weighted by Crippen LogP contribution is -1.98. The first-order valence-electron chi connectivity index (χ1n) is 6.22. The Hall–Kier alpha value is -2.27. The van der Waals surface area contributed by atoms with E-state index in [2.05, 4.69) is 10.2 Å². The summed E-state index contributed by atoms with van der Waals surface area (Å²) in [6.07, 6.45) is 0. The molecule has 2 N–H and O–H groups in total. The molecule has 5 nitrogen and oxygen atoms in total. The molecule has 3 rings (SSSR count). The normalized spacial score (nSPS) is 10.9. The quantitative estimate of drug-likeness (QED) is 0.752. The van der Waals surface area contributed by atoms with Crippen LogP contribution >= 0.6 is 11.6 Å². The number of hydrogen-bond acceptors (Lipinski definition) is 4. The van der Waals surface area contributed by atoms with Crippen molar-refractivity contribution >= 4 is 28.3 Å². The van der Waals surface area contributed by atoms with Crippen LogP contribution in [0.15, 0.2) is 36.4 Å². The Labute approximate surface area is 120 Å². The van der Waals surface area contributed by atoms with Crippen LogP contribution in [-0.2, 0) is 0 Å². The van der Waals surface area contributed by atoms with Crippen molar-refractivity contribution in [1.29, 1.82) is 0 Å². The van der Waals surface area contributed by atoms with E-state index < -0.39 is 0 Å². The minimum atomic E-state index is 0.483. The number of fused-ring (bicyclic) bond motifs is 1. The van der Waals surface area contributed by atoms with Crippen LogP contribution in [0.2, 0.25) is 5.02 Å². The molecule has 6 heteroatoms. The van der Waals surface area contributed by atoms with Gasteiger partial charge in [-0.25, -0.2) is 0 Å². The van der Waals surface area contributed by atoms with Gasteiger partial charge in [-0.15, -0.1) is 10.2 Å². The molecule has 0 amide bonds. The maximum Gasteiger partial charge on any atom is 0.119 e. The molecule has 1 aromatic heterocycles. The van der Waals surface area contributed by atoms with Gasteiger partial charge in [-0.05, 0) is 43.3 Å². The summed E-state index contributed by atoms with van der Waals surface area (Å²) < 4.78 is 5.40. The van der Waals surface area contributed by atoms with Crippen molar-refractivity contribution < 1.29 is 4.74 Å². The van der Waals surface area contributed by atoms with Gasteiger partial charge in [0.05, 0.1) is 23.0 Å².